The van der Waals surface area contributed by atoms with Crippen molar-refractivity contribution in [2.45, 2.75) is 0 Å². The van der Waals surface area contributed by atoms with Gasteiger partial charge >= 0.3 is 0 Å². The van der Waals surface area contributed by atoms with Crippen LogP contribution in [0, 0.1) is 0 Å². The number of rotatable bonds is 2. The van der Waals surface area contributed by atoms with E-state index in [-0.39, 0.29) is 0 Å². The molecule has 0 radical (unpaired) electrons. The lowest BCUT2D eigenvalue weighted by molar-refractivity contribution is 0.669. The average Bonchev–Trinajstić information content (AvgIpc) is 3.63. The van der Waals surface area contributed by atoms with E-state index in [1.165, 1.54) is 70.0 Å². The van der Waals surface area contributed by atoms with Crippen LogP contribution in [0.25, 0.3) is 86.6 Å². The quantitative estimate of drug-likeness (QED) is 0.204. The Kier molecular flexibility index (Phi) is 4.55. The first-order chi connectivity index (χ1) is 19.8. The van der Waals surface area contributed by atoms with Crippen LogP contribution in [0.4, 0.5) is 0 Å². The fourth-order valence-corrected chi connectivity index (χ4v) is 7.54. The van der Waals surface area contributed by atoms with Gasteiger partial charge in [-0.25, -0.2) is 0 Å². The fourth-order valence-electron chi connectivity index (χ4n) is 6.61. The first-order valence-corrected chi connectivity index (χ1v) is 14.5. The third-order valence-corrected chi connectivity index (χ3v) is 9.25. The molecule has 2 aromatic heterocycles. The van der Waals surface area contributed by atoms with Crippen molar-refractivity contribution in [1.29, 1.82) is 0 Å². The molecule has 2 heterocycles. The monoisotopic (exact) mass is 526 g/mol. The maximum absolute atomic E-state index is 6.45. The van der Waals surface area contributed by atoms with Gasteiger partial charge in [0.2, 0.25) is 0 Å². The zero-order valence-corrected chi connectivity index (χ0v) is 22.3. The second kappa shape index (κ2) is 8.29. The maximum atomic E-state index is 6.45. The Morgan fingerprint density at radius 3 is 1.80 bits per heavy atom. The molecule has 0 bridgehead atoms. The molecule has 9 aromatic rings. The minimum atomic E-state index is 0.929. The van der Waals surface area contributed by atoms with Crippen molar-refractivity contribution in [3.05, 3.63) is 133 Å². The SMILES string of the molecule is c1ccc2cc(-c3c4ccccc4c(-c4c5sccc5cc5oc6ccccc6c45)c4ccccc34)ccc2c1. The molecule has 9 rings (SSSR count). The van der Waals surface area contributed by atoms with Crippen LogP contribution in [-0.4, -0.2) is 0 Å². The van der Waals surface area contributed by atoms with E-state index in [0.29, 0.717) is 0 Å². The van der Waals surface area contributed by atoms with Crippen molar-refractivity contribution < 1.29 is 4.42 Å². The van der Waals surface area contributed by atoms with Crippen LogP contribution in [0.5, 0.6) is 0 Å². The van der Waals surface area contributed by atoms with Crippen LogP contribution >= 0.6 is 11.3 Å². The lowest BCUT2D eigenvalue weighted by Gasteiger charge is -2.19. The highest BCUT2D eigenvalue weighted by atomic mass is 32.1. The first-order valence-electron chi connectivity index (χ1n) is 13.6. The minimum Gasteiger partial charge on any atom is -0.456 e. The molecule has 0 unspecified atom stereocenters. The molecule has 0 atom stereocenters. The number of fused-ring (bicyclic) bond motifs is 7. The van der Waals surface area contributed by atoms with Crippen LogP contribution in [-0.2, 0) is 0 Å². The van der Waals surface area contributed by atoms with Gasteiger partial charge in [0.1, 0.15) is 11.2 Å². The van der Waals surface area contributed by atoms with E-state index in [9.17, 15) is 0 Å². The second-order valence-electron chi connectivity index (χ2n) is 10.5. The highest BCUT2D eigenvalue weighted by Crippen LogP contribution is 2.50. The number of para-hydroxylation sites is 1. The summed E-state index contributed by atoms with van der Waals surface area (Å²) in [5.74, 6) is 0. The van der Waals surface area contributed by atoms with Crippen molar-refractivity contribution in [3.63, 3.8) is 0 Å². The lowest BCUT2D eigenvalue weighted by atomic mass is 9.84. The van der Waals surface area contributed by atoms with Gasteiger partial charge in [-0.2, -0.15) is 0 Å². The van der Waals surface area contributed by atoms with Crippen molar-refractivity contribution in [2.24, 2.45) is 0 Å². The van der Waals surface area contributed by atoms with Gasteiger partial charge in [0.25, 0.3) is 0 Å². The summed E-state index contributed by atoms with van der Waals surface area (Å²) in [6.45, 7) is 0. The topological polar surface area (TPSA) is 13.1 Å². The summed E-state index contributed by atoms with van der Waals surface area (Å²) in [4.78, 5) is 0. The molecule has 186 valence electrons. The van der Waals surface area contributed by atoms with Crippen LogP contribution in [0.15, 0.2) is 137 Å². The van der Waals surface area contributed by atoms with Gasteiger partial charge in [-0.05, 0) is 84.0 Å². The largest absolute Gasteiger partial charge is 0.456 e. The predicted octanol–water partition coefficient (Wildman–Crippen LogP) is 11.6. The molecule has 1 nitrogen and oxygen atoms in total. The van der Waals surface area contributed by atoms with Crippen LogP contribution < -0.4 is 0 Å². The smallest absolute Gasteiger partial charge is 0.136 e. The average molecular weight is 527 g/mol. The van der Waals surface area contributed by atoms with Crippen molar-refractivity contribution in [2.75, 3.05) is 0 Å². The Hall–Kier alpha value is -4.92. The second-order valence-corrected chi connectivity index (χ2v) is 11.4. The summed E-state index contributed by atoms with van der Waals surface area (Å²) in [6.07, 6.45) is 0. The van der Waals surface area contributed by atoms with Crippen LogP contribution in [0.2, 0.25) is 0 Å². The maximum Gasteiger partial charge on any atom is 0.136 e. The number of benzene rings is 7. The molecule has 2 heteroatoms. The van der Waals surface area contributed by atoms with Crippen molar-refractivity contribution in [3.8, 4) is 22.3 Å². The fraction of sp³-hybridized carbons (Fsp3) is 0. The molecule has 40 heavy (non-hydrogen) atoms. The molecule has 0 aliphatic heterocycles. The highest BCUT2D eigenvalue weighted by molar-refractivity contribution is 7.18. The van der Waals surface area contributed by atoms with Gasteiger partial charge in [0, 0.05) is 21.0 Å². The summed E-state index contributed by atoms with van der Waals surface area (Å²) in [6, 6.07) is 46.2. The summed E-state index contributed by atoms with van der Waals surface area (Å²) in [5.41, 5.74) is 6.94. The molecule has 0 aliphatic carbocycles. The molecule has 0 saturated carbocycles. The Morgan fingerprint density at radius 1 is 0.425 bits per heavy atom. The molecule has 0 N–H and O–H groups in total. The molecule has 0 spiro atoms. The predicted molar refractivity (Wildman–Crippen MR) is 172 cm³/mol. The molecular weight excluding hydrogens is 504 g/mol. The summed E-state index contributed by atoms with van der Waals surface area (Å²) < 4.78 is 7.75. The molecular formula is C38H22OS. The number of hydrogen-bond donors (Lipinski definition) is 0. The van der Waals surface area contributed by atoms with E-state index in [1.807, 2.05) is 11.3 Å². The van der Waals surface area contributed by atoms with Crippen molar-refractivity contribution in [1.82, 2.24) is 0 Å². The summed E-state index contributed by atoms with van der Waals surface area (Å²) >= 11 is 1.81. The standard InChI is InChI=1S/C38H22OS/c1-2-10-24-21-25(18-17-23(24)9-1)34-27-11-3-5-13-29(27)35(30-14-6-4-12-28(30)34)37-36-31-15-7-8-16-32(31)39-33(36)22-26-19-20-40-38(26)37/h1-22H. The Labute approximate surface area is 234 Å². The molecule has 0 aliphatic rings. The third kappa shape index (κ3) is 3.03. The molecule has 7 aromatic carbocycles. The van der Waals surface area contributed by atoms with Gasteiger partial charge in [0.05, 0.1) is 0 Å². The van der Waals surface area contributed by atoms with Gasteiger partial charge in [-0.1, -0.05) is 103 Å². The number of thiophene rings is 1. The normalized spacial score (nSPS) is 12.0. The van der Waals surface area contributed by atoms with E-state index in [2.05, 4.69) is 133 Å². The van der Waals surface area contributed by atoms with Crippen molar-refractivity contribution >= 4 is 75.7 Å². The van der Waals surface area contributed by atoms with E-state index in [4.69, 9.17) is 4.42 Å². The zero-order valence-electron chi connectivity index (χ0n) is 21.5. The van der Waals surface area contributed by atoms with Gasteiger partial charge in [-0.15, -0.1) is 11.3 Å². The summed E-state index contributed by atoms with van der Waals surface area (Å²) in [5, 5.41) is 13.3. The lowest BCUT2D eigenvalue weighted by Crippen LogP contribution is -1.91. The molecule has 0 amide bonds. The Morgan fingerprint density at radius 2 is 1.05 bits per heavy atom. The van der Waals surface area contributed by atoms with Gasteiger partial charge in [0.15, 0.2) is 0 Å². The van der Waals surface area contributed by atoms with E-state index in [1.54, 1.807) is 0 Å². The summed E-state index contributed by atoms with van der Waals surface area (Å²) in [7, 11) is 0. The van der Waals surface area contributed by atoms with Gasteiger partial charge in [-0.3, -0.25) is 0 Å². The van der Waals surface area contributed by atoms with E-state index in [0.717, 1.165) is 16.6 Å². The van der Waals surface area contributed by atoms with Gasteiger partial charge < -0.3 is 4.42 Å². The Balaban J connectivity index is 1.50. The number of hydrogen-bond acceptors (Lipinski definition) is 2. The number of furan rings is 1. The molecule has 0 fully saturated rings. The molecule has 0 saturated heterocycles. The highest BCUT2D eigenvalue weighted by Gasteiger charge is 2.23. The van der Waals surface area contributed by atoms with Crippen LogP contribution in [0.1, 0.15) is 0 Å². The Bertz CT molecular complexity index is 2380. The van der Waals surface area contributed by atoms with E-state index >= 15 is 0 Å². The minimum absolute atomic E-state index is 0.929. The van der Waals surface area contributed by atoms with Crippen LogP contribution in [0.3, 0.4) is 0 Å². The third-order valence-electron chi connectivity index (χ3n) is 8.30. The van der Waals surface area contributed by atoms with E-state index < -0.39 is 0 Å². The first kappa shape index (κ1) is 22.0. The zero-order chi connectivity index (χ0) is 26.2.